The normalized spacial score (nSPS) is 10.9. The van der Waals surface area contributed by atoms with Crippen molar-refractivity contribution in [1.82, 2.24) is 14.6 Å². The Balaban J connectivity index is 1.80. The van der Waals surface area contributed by atoms with E-state index in [-0.39, 0.29) is 11.3 Å². The molecule has 33 heavy (non-hydrogen) atoms. The second kappa shape index (κ2) is 8.34. The molecule has 2 aromatic heterocycles. The molecule has 0 atom stereocenters. The van der Waals surface area contributed by atoms with Crippen molar-refractivity contribution in [2.75, 3.05) is 0 Å². The Kier molecular flexibility index (Phi) is 5.21. The van der Waals surface area contributed by atoms with E-state index in [9.17, 15) is 9.90 Å². The number of terminal acetylenes is 1. The molecule has 5 rings (SSSR count). The van der Waals surface area contributed by atoms with Crippen LogP contribution in [0.4, 0.5) is 0 Å². The molecule has 0 saturated heterocycles. The summed E-state index contributed by atoms with van der Waals surface area (Å²) in [5.41, 5.74) is 5.24. The summed E-state index contributed by atoms with van der Waals surface area (Å²) >= 11 is 6.11. The van der Waals surface area contributed by atoms with Crippen molar-refractivity contribution in [3.63, 3.8) is 0 Å². The van der Waals surface area contributed by atoms with Crippen molar-refractivity contribution < 1.29 is 5.11 Å². The van der Waals surface area contributed by atoms with E-state index in [0.717, 1.165) is 22.4 Å². The van der Waals surface area contributed by atoms with Crippen molar-refractivity contribution in [3.05, 3.63) is 111 Å². The first-order valence-corrected chi connectivity index (χ1v) is 10.7. The summed E-state index contributed by atoms with van der Waals surface area (Å²) in [4.78, 5) is 15.6. The van der Waals surface area contributed by atoms with Crippen molar-refractivity contribution in [2.45, 2.75) is 6.42 Å². The molecule has 2 N–H and O–H groups in total. The molecule has 0 aliphatic rings. The number of rotatable bonds is 4. The number of hydrogen-bond donors (Lipinski definition) is 2. The molecule has 0 radical (unpaired) electrons. The molecule has 6 heteroatoms. The Morgan fingerprint density at radius 1 is 1.03 bits per heavy atom. The Hall–Kier alpha value is -4.27. The molecule has 5 aromatic rings. The first-order valence-electron chi connectivity index (χ1n) is 10.3. The van der Waals surface area contributed by atoms with Gasteiger partial charge in [0.15, 0.2) is 0 Å². The Labute approximate surface area is 194 Å². The first kappa shape index (κ1) is 20.6. The number of phenolic OH excluding ortho intramolecular Hbond substituents is 1. The predicted octanol–water partition coefficient (Wildman–Crippen LogP) is 5.29. The number of aromatic nitrogens is 3. The van der Waals surface area contributed by atoms with Crippen LogP contribution in [0.25, 0.3) is 28.0 Å². The van der Waals surface area contributed by atoms with E-state index >= 15 is 0 Å². The summed E-state index contributed by atoms with van der Waals surface area (Å²) in [5.74, 6) is 2.48. The maximum absolute atomic E-state index is 12.7. The third-order valence-electron chi connectivity index (χ3n) is 5.48. The van der Waals surface area contributed by atoms with Crippen LogP contribution in [0, 0.1) is 12.3 Å². The van der Waals surface area contributed by atoms with Crippen molar-refractivity contribution >= 4 is 17.2 Å². The highest BCUT2D eigenvalue weighted by atomic mass is 35.5. The van der Waals surface area contributed by atoms with Gasteiger partial charge in [0.2, 0.25) is 0 Å². The van der Waals surface area contributed by atoms with E-state index in [4.69, 9.17) is 23.1 Å². The van der Waals surface area contributed by atoms with Crippen LogP contribution in [0.15, 0.2) is 83.7 Å². The smallest absolute Gasteiger partial charge is 0.251 e. The number of nitrogens with zero attached hydrogens (tertiary/aromatic N) is 2. The quantitative estimate of drug-likeness (QED) is 0.365. The Morgan fingerprint density at radius 3 is 2.48 bits per heavy atom. The van der Waals surface area contributed by atoms with Gasteiger partial charge < -0.3 is 10.1 Å². The molecule has 0 amide bonds. The largest absolute Gasteiger partial charge is 0.507 e. The molecule has 0 spiro atoms. The highest BCUT2D eigenvalue weighted by Gasteiger charge is 2.20. The minimum atomic E-state index is -0.306. The van der Waals surface area contributed by atoms with Gasteiger partial charge in [-0.25, -0.2) is 4.52 Å². The molecular formula is C27H18ClN3O2. The second-order valence-corrected chi connectivity index (χ2v) is 8.08. The minimum absolute atomic E-state index is 0.0227. The number of aromatic hydroxyl groups is 1. The zero-order valence-corrected chi connectivity index (χ0v) is 18.2. The monoisotopic (exact) mass is 451 g/mol. The summed E-state index contributed by atoms with van der Waals surface area (Å²) in [6, 6.07) is 23.7. The molecular weight excluding hydrogens is 434 g/mol. The van der Waals surface area contributed by atoms with Gasteiger partial charge in [-0.15, -0.1) is 6.42 Å². The van der Waals surface area contributed by atoms with Crippen molar-refractivity contribution in [3.8, 4) is 40.5 Å². The fourth-order valence-corrected chi connectivity index (χ4v) is 4.08. The minimum Gasteiger partial charge on any atom is -0.507 e. The predicted molar refractivity (Wildman–Crippen MR) is 131 cm³/mol. The van der Waals surface area contributed by atoms with Crippen molar-refractivity contribution in [1.29, 1.82) is 0 Å². The third kappa shape index (κ3) is 3.89. The van der Waals surface area contributed by atoms with Gasteiger partial charge in [-0.05, 0) is 41.5 Å². The standard InChI is InChI=1S/C27H18ClN3O2/c1-2-17-8-13-21(24(32)15-17)23-16-25(33)29-27-26(19-9-11-20(28)12-10-19)22(30-31(23)27)14-18-6-4-3-5-7-18/h1,3-13,15-16,32H,14H2,(H,29,33). The first-order chi connectivity index (χ1) is 16.0. The molecule has 3 aromatic carbocycles. The lowest BCUT2D eigenvalue weighted by Crippen LogP contribution is -2.10. The highest BCUT2D eigenvalue weighted by Crippen LogP contribution is 2.34. The van der Waals surface area contributed by atoms with E-state index < -0.39 is 0 Å². The van der Waals surface area contributed by atoms with Gasteiger partial charge in [-0.2, -0.15) is 5.10 Å². The van der Waals surface area contributed by atoms with Gasteiger partial charge >= 0.3 is 0 Å². The fourth-order valence-electron chi connectivity index (χ4n) is 3.95. The molecule has 0 aliphatic heterocycles. The average Bonchev–Trinajstić information content (AvgIpc) is 3.17. The van der Waals surface area contributed by atoms with Crippen molar-refractivity contribution in [2.24, 2.45) is 0 Å². The molecule has 160 valence electrons. The van der Waals surface area contributed by atoms with Crippen LogP contribution in [0.3, 0.4) is 0 Å². The van der Waals surface area contributed by atoms with E-state index in [2.05, 4.69) is 10.9 Å². The molecule has 2 heterocycles. The second-order valence-electron chi connectivity index (χ2n) is 7.65. The van der Waals surface area contributed by atoms with E-state index in [0.29, 0.717) is 33.9 Å². The molecule has 0 fully saturated rings. The summed E-state index contributed by atoms with van der Waals surface area (Å²) < 4.78 is 1.66. The fraction of sp³-hybridized carbons (Fsp3) is 0.0370. The molecule has 0 aliphatic carbocycles. The zero-order valence-electron chi connectivity index (χ0n) is 17.4. The number of hydrogen-bond acceptors (Lipinski definition) is 3. The van der Waals surface area contributed by atoms with Crippen LogP contribution < -0.4 is 5.56 Å². The lowest BCUT2D eigenvalue weighted by molar-refractivity contribution is 0.476. The number of fused-ring (bicyclic) bond motifs is 1. The van der Waals surface area contributed by atoms with Crippen LogP contribution in [0.5, 0.6) is 5.75 Å². The molecule has 5 nitrogen and oxygen atoms in total. The van der Waals surface area contributed by atoms with Crippen LogP contribution in [-0.4, -0.2) is 19.7 Å². The average molecular weight is 452 g/mol. The summed E-state index contributed by atoms with van der Waals surface area (Å²) in [6.45, 7) is 0. The number of H-pyrrole nitrogens is 1. The Morgan fingerprint density at radius 2 is 1.79 bits per heavy atom. The number of aromatic amines is 1. The third-order valence-corrected chi connectivity index (χ3v) is 5.74. The number of halogens is 1. The number of phenols is 1. The van der Waals surface area contributed by atoms with Gasteiger partial charge in [0.25, 0.3) is 5.56 Å². The van der Waals surface area contributed by atoms with Gasteiger partial charge in [-0.1, -0.05) is 60.0 Å². The maximum Gasteiger partial charge on any atom is 0.251 e. The SMILES string of the molecule is C#Cc1ccc(-c2cc(=O)[nH]c3c(-c4ccc(Cl)cc4)c(Cc4ccccc4)nn23)c(O)c1. The summed E-state index contributed by atoms with van der Waals surface area (Å²) in [5, 5.41) is 16.1. The summed E-state index contributed by atoms with van der Waals surface area (Å²) in [7, 11) is 0. The van der Waals surface area contributed by atoms with Gasteiger partial charge in [0.05, 0.1) is 11.4 Å². The van der Waals surface area contributed by atoms with Gasteiger partial charge in [0, 0.05) is 34.2 Å². The van der Waals surface area contributed by atoms with Crippen LogP contribution in [0.2, 0.25) is 5.02 Å². The highest BCUT2D eigenvalue weighted by molar-refractivity contribution is 6.30. The lowest BCUT2D eigenvalue weighted by atomic mass is 10.0. The molecule has 0 unspecified atom stereocenters. The topological polar surface area (TPSA) is 70.4 Å². The molecule has 0 bridgehead atoms. The van der Waals surface area contributed by atoms with Gasteiger partial charge in [-0.3, -0.25) is 4.79 Å². The van der Waals surface area contributed by atoms with Gasteiger partial charge in [0.1, 0.15) is 11.4 Å². The van der Waals surface area contributed by atoms with E-state index in [1.54, 1.807) is 28.8 Å². The zero-order chi connectivity index (χ0) is 22.9. The van der Waals surface area contributed by atoms with Crippen LogP contribution in [-0.2, 0) is 6.42 Å². The van der Waals surface area contributed by atoms with E-state index in [1.807, 2.05) is 42.5 Å². The van der Waals surface area contributed by atoms with Crippen LogP contribution in [0.1, 0.15) is 16.8 Å². The number of benzene rings is 3. The Bertz CT molecular complexity index is 1580. The maximum atomic E-state index is 12.7. The number of nitrogens with one attached hydrogen (secondary N) is 1. The van der Waals surface area contributed by atoms with Crippen LogP contribution >= 0.6 is 11.6 Å². The summed E-state index contributed by atoms with van der Waals surface area (Å²) in [6.07, 6.45) is 6.01. The van der Waals surface area contributed by atoms with E-state index in [1.165, 1.54) is 12.1 Å². The lowest BCUT2D eigenvalue weighted by Gasteiger charge is -2.08. The molecule has 0 saturated carbocycles.